The first-order chi connectivity index (χ1) is 12.6. The number of ether oxygens (including phenoxy) is 2. The average molecular weight is 409 g/mol. The molecule has 0 bridgehead atoms. The minimum atomic E-state index is -0.000685. The number of carbonyl (C=O) groups excluding carboxylic acids is 1. The fourth-order valence-electron chi connectivity index (χ4n) is 3.68. The molecule has 2 heterocycles. The third-order valence-corrected chi connectivity index (χ3v) is 6.02. The summed E-state index contributed by atoms with van der Waals surface area (Å²) in [5.41, 5.74) is 6.90. The number of anilines is 1. The fourth-order valence-corrected chi connectivity index (χ4v) is 4.56. The van der Waals surface area contributed by atoms with Crippen LogP contribution in [0.1, 0.15) is 29.0 Å². The zero-order chi connectivity index (χ0) is 18.1. The average Bonchev–Trinajstić information content (AvgIpc) is 3.27. The van der Waals surface area contributed by atoms with Crippen molar-refractivity contribution < 1.29 is 14.3 Å². The van der Waals surface area contributed by atoms with Crippen molar-refractivity contribution in [3.05, 3.63) is 40.1 Å². The van der Waals surface area contributed by atoms with Crippen LogP contribution >= 0.6 is 23.7 Å². The van der Waals surface area contributed by atoms with Crippen molar-refractivity contribution in [3.8, 4) is 11.5 Å². The number of carbonyl (C=O) groups is 1. The van der Waals surface area contributed by atoms with Crippen LogP contribution in [0, 0.1) is 12.8 Å². The molecule has 1 aliphatic carbocycles. The molecular weight excluding hydrogens is 384 g/mol. The summed E-state index contributed by atoms with van der Waals surface area (Å²) in [5, 5.41) is 0. The van der Waals surface area contributed by atoms with E-state index in [0.29, 0.717) is 25.5 Å². The summed E-state index contributed by atoms with van der Waals surface area (Å²) in [6.07, 6.45) is 2.55. The summed E-state index contributed by atoms with van der Waals surface area (Å²) in [4.78, 5) is 17.6. The summed E-state index contributed by atoms with van der Waals surface area (Å²) < 4.78 is 11.3. The molecule has 1 aromatic heterocycles. The molecule has 1 amide bonds. The van der Waals surface area contributed by atoms with Crippen molar-refractivity contribution in [2.24, 2.45) is 11.7 Å². The van der Waals surface area contributed by atoms with Crippen LogP contribution in [0.25, 0.3) is 0 Å². The number of halogens is 1. The second kappa shape index (κ2) is 8.50. The molecule has 0 radical (unpaired) electrons. The van der Waals surface area contributed by atoms with Crippen LogP contribution in [-0.4, -0.2) is 25.2 Å². The molecule has 146 valence electrons. The normalized spacial score (nSPS) is 20.8. The molecule has 7 heteroatoms. The second-order valence-electron chi connectivity index (χ2n) is 7.03. The molecule has 5 nitrogen and oxygen atoms in total. The lowest BCUT2D eigenvalue weighted by molar-refractivity contribution is -0.122. The molecule has 1 saturated carbocycles. The molecule has 2 atom stereocenters. The molecule has 1 aromatic carbocycles. The Morgan fingerprint density at radius 3 is 2.63 bits per heavy atom. The number of aryl methyl sites for hydroxylation is 1. The number of benzene rings is 1. The number of nitrogens with zero attached hydrogens (tertiary/aromatic N) is 1. The van der Waals surface area contributed by atoms with Gasteiger partial charge in [-0.2, -0.15) is 0 Å². The van der Waals surface area contributed by atoms with Crippen LogP contribution in [0.15, 0.2) is 30.3 Å². The van der Waals surface area contributed by atoms with Crippen LogP contribution in [0.5, 0.6) is 11.5 Å². The van der Waals surface area contributed by atoms with E-state index in [0.717, 1.165) is 30.7 Å². The highest BCUT2D eigenvalue weighted by molar-refractivity contribution is 7.11. The summed E-state index contributed by atoms with van der Waals surface area (Å²) in [5.74, 6) is 1.60. The van der Waals surface area contributed by atoms with Gasteiger partial charge in [0.2, 0.25) is 5.91 Å². The first kappa shape index (κ1) is 20.0. The van der Waals surface area contributed by atoms with Gasteiger partial charge in [-0.3, -0.25) is 4.79 Å². The third-order valence-electron chi connectivity index (χ3n) is 5.04. The maximum absolute atomic E-state index is 13.3. The van der Waals surface area contributed by atoms with Gasteiger partial charge in [-0.25, -0.2) is 0 Å². The quantitative estimate of drug-likeness (QED) is 0.832. The Bertz CT molecular complexity index is 810. The lowest BCUT2D eigenvalue weighted by atomic mass is 10.1. The molecule has 2 unspecified atom stereocenters. The number of thiophene rings is 1. The molecule has 2 aliphatic rings. The molecule has 2 N–H and O–H groups in total. The predicted molar refractivity (Wildman–Crippen MR) is 110 cm³/mol. The fraction of sp³-hybridized carbons (Fsp3) is 0.450. The Hall–Kier alpha value is -1.76. The Balaban J connectivity index is 0.00000210. The second-order valence-corrected chi connectivity index (χ2v) is 8.41. The SMILES string of the molecule is Cc1ccc(CN(C(=O)C2CCC(N)C2)c2ccc3c(c2)OCCO3)s1.Cl. The lowest BCUT2D eigenvalue weighted by Crippen LogP contribution is -2.35. The van der Waals surface area contributed by atoms with E-state index in [1.54, 1.807) is 11.3 Å². The number of rotatable bonds is 4. The van der Waals surface area contributed by atoms with Crippen molar-refractivity contribution in [2.45, 2.75) is 38.8 Å². The van der Waals surface area contributed by atoms with E-state index in [-0.39, 0.29) is 30.3 Å². The van der Waals surface area contributed by atoms with E-state index in [2.05, 4.69) is 19.1 Å². The van der Waals surface area contributed by atoms with E-state index in [9.17, 15) is 4.79 Å². The highest BCUT2D eigenvalue weighted by Crippen LogP contribution is 2.36. The Kier molecular flexibility index (Phi) is 6.29. The molecule has 4 rings (SSSR count). The molecule has 1 aliphatic heterocycles. The van der Waals surface area contributed by atoms with Crippen LogP contribution < -0.4 is 20.1 Å². The summed E-state index contributed by atoms with van der Waals surface area (Å²) in [7, 11) is 0. The Morgan fingerprint density at radius 1 is 1.19 bits per heavy atom. The van der Waals surface area contributed by atoms with Crippen molar-refractivity contribution in [1.29, 1.82) is 0 Å². The van der Waals surface area contributed by atoms with Crippen molar-refractivity contribution in [1.82, 2.24) is 0 Å². The van der Waals surface area contributed by atoms with E-state index in [4.69, 9.17) is 15.2 Å². The smallest absolute Gasteiger partial charge is 0.230 e. The first-order valence-electron chi connectivity index (χ1n) is 9.12. The minimum absolute atomic E-state index is 0. The first-order valence-corrected chi connectivity index (χ1v) is 9.94. The summed E-state index contributed by atoms with van der Waals surface area (Å²) in [6.45, 7) is 3.75. The Morgan fingerprint density at radius 2 is 1.96 bits per heavy atom. The van der Waals surface area contributed by atoms with Gasteiger partial charge in [0.05, 0.1) is 6.54 Å². The molecule has 0 spiro atoms. The number of nitrogens with two attached hydrogens (primary N) is 1. The molecule has 0 saturated heterocycles. The highest BCUT2D eigenvalue weighted by Gasteiger charge is 2.32. The van der Waals surface area contributed by atoms with E-state index in [1.165, 1.54) is 9.75 Å². The zero-order valence-electron chi connectivity index (χ0n) is 15.3. The molecular formula is C20H25ClN2O3S. The van der Waals surface area contributed by atoms with Gasteiger partial charge in [0.15, 0.2) is 11.5 Å². The van der Waals surface area contributed by atoms with Crippen molar-refractivity contribution >= 4 is 35.3 Å². The Labute approximate surface area is 169 Å². The molecule has 27 heavy (non-hydrogen) atoms. The monoisotopic (exact) mass is 408 g/mol. The minimum Gasteiger partial charge on any atom is -0.486 e. The maximum atomic E-state index is 13.3. The number of hydrogen-bond acceptors (Lipinski definition) is 5. The van der Waals surface area contributed by atoms with Gasteiger partial charge in [0.25, 0.3) is 0 Å². The predicted octanol–water partition coefficient (Wildman–Crippen LogP) is 3.91. The van der Waals surface area contributed by atoms with Gasteiger partial charge in [-0.15, -0.1) is 23.7 Å². The van der Waals surface area contributed by atoms with Gasteiger partial charge in [-0.1, -0.05) is 0 Å². The maximum Gasteiger partial charge on any atom is 0.230 e. The summed E-state index contributed by atoms with van der Waals surface area (Å²) in [6, 6.07) is 10.1. The van der Waals surface area contributed by atoms with Crippen LogP contribution in [0.4, 0.5) is 5.69 Å². The van der Waals surface area contributed by atoms with Gasteiger partial charge >= 0.3 is 0 Å². The largest absolute Gasteiger partial charge is 0.486 e. The molecule has 1 fully saturated rings. The number of amides is 1. The van der Waals surface area contributed by atoms with Crippen LogP contribution in [-0.2, 0) is 11.3 Å². The van der Waals surface area contributed by atoms with Gasteiger partial charge in [0.1, 0.15) is 13.2 Å². The van der Waals surface area contributed by atoms with Crippen molar-refractivity contribution in [2.75, 3.05) is 18.1 Å². The summed E-state index contributed by atoms with van der Waals surface area (Å²) >= 11 is 1.73. The van der Waals surface area contributed by atoms with Gasteiger partial charge < -0.3 is 20.1 Å². The third kappa shape index (κ3) is 4.39. The van der Waals surface area contributed by atoms with E-state index < -0.39 is 0 Å². The number of hydrogen-bond donors (Lipinski definition) is 1. The zero-order valence-corrected chi connectivity index (χ0v) is 17.0. The standard InChI is InChI=1S/C20H24N2O3S.ClH/c1-13-2-6-17(26-13)12-22(20(23)14-3-4-15(21)10-14)16-5-7-18-19(11-16)25-9-8-24-18;/h2,5-7,11,14-15H,3-4,8-10,12,21H2,1H3;1H. The van der Waals surface area contributed by atoms with E-state index in [1.807, 2.05) is 23.1 Å². The molecule has 2 aromatic rings. The number of fused-ring (bicyclic) bond motifs is 1. The van der Waals surface area contributed by atoms with Gasteiger partial charge in [0, 0.05) is 33.5 Å². The topological polar surface area (TPSA) is 64.8 Å². The van der Waals surface area contributed by atoms with Crippen LogP contribution in [0.2, 0.25) is 0 Å². The van der Waals surface area contributed by atoms with Gasteiger partial charge in [-0.05, 0) is 50.5 Å². The lowest BCUT2D eigenvalue weighted by Gasteiger charge is -2.27. The van der Waals surface area contributed by atoms with Crippen molar-refractivity contribution in [3.63, 3.8) is 0 Å². The highest BCUT2D eigenvalue weighted by atomic mass is 35.5. The van der Waals surface area contributed by atoms with E-state index >= 15 is 0 Å². The van der Waals surface area contributed by atoms with Crippen LogP contribution in [0.3, 0.4) is 0 Å².